The van der Waals surface area contributed by atoms with Crippen LogP contribution in [0.1, 0.15) is 42.2 Å². The van der Waals surface area contributed by atoms with Gasteiger partial charge in [-0.25, -0.2) is 4.98 Å². The number of halogens is 1. The molecule has 0 aliphatic heterocycles. The standard InChI is InChI=1S/C30H26ClNO5/c1-18(2)26-13-25(34)29-27(36-16-20-8-4-3-7-19(20)15-33)11-22(12-28(29)37-26)35-17-21-14-32-30(31)24-10-6-5-9-23(21)24/h3-14,18,33H,15-17H2,1-2H3. The van der Waals surface area contributed by atoms with E-state index in [1.54, 1.807) is 18.3 Å². The predicted molar refractivity (Wildman–Crippen MR) is 144 cm³/mol. The number of pyridine rings is 1. The number of hydrogen-bond acceptors (Lipinski definition) is 6. The molecule has 1 N–H and O–H groups in total. The van der Waals surface area contributed by atoms with Gasteiger partial charge in [0.1, 0.15) is 46.6 Å². The number of hydrogen-bond donors (Lipinski definition) is 1. The zero-order valence-corrected chi connectivity index (χ0v) is 21.3. The van der Waals surface area contributed by atoms with E-state index in [1.807, 2.05) is 62.4 Å². The summed E-state index contributed by atoms with van der Waals surface area (Å²) in [5.74, 6) is 1.46. The Hall–Kier alpha value is -3.87. The van der Waals surface area contributed by atoms with Crippen LogP contribution >= 0.6 is 11.6 Å². The van der Waals surface area contributed by atoms with Gasteiger partial charge in [0, 0.05) is 41.3 Å². The molecule has 3 aromatic carbocycles. The van der Waals surface area contributed by atoms with Crippen LogP contribution in [0.3, 0.4) is 0 Å². The zero-order valence-electron chi connectivity index (χ0n) is 20.5. The first-order chi connectivity index (χ1) is 17.9. The molecular formula is C30H26ClNO5. The van der Waals surface area contributed by atoms with Crippen molar-refractivity contribution in [2.75, 3.05) is 0 Å². The molecule has 6 nitrogen and oxygen atoms in total. The number of ether oxygens (including phenoxy) is 2. The first kappa shape index (κ1) is 24.8. The number of nitrogens with zero attached hydrogens (tertiary/aromatic N) is 1. The van der Waals surface area contributed by atoms with Crippen LogP contribution in [0.5, 0.6) is 11.5 Å². The molecule has 0 aliphatic rings. The lowest BCUT2D eigenvalue weighted by Gasteiger charge is -2.15. The van der Waals surface area contributed by atoms with Gasteiger partial charge >= 0.3 is 0 Å². The molecule has 188 valence electrons. The van der Waals surface area contributed by atoms with E-state index in [1.165, 1.54) is 6.07 Å². The molecule has 5 rings (SSSR count). The van der Waals surface area contributed by atoms with Crippen LogP contribution < -0.4 is 14.9 Å². The van der Waals surface area contributed by atoms with Crippen LogP contribution in [0.15, 0.2) is 82.1 Å². The summed E-state index contributed by atoms with van der Waals surface area (Å²) >= 11 is 6.27. The predicted octanol–water partition coefficient (Wildman–Crippen LogP) is 6.77. The van der Waals surface area contributed by atoms with Crippen LogP contribution in [0, 0.1) is 0 Å². The molecule has 0 unspecified atom stereocenters. The Bertz CT molecular complexity index is 1640. The molecule has 0 saturated carbocycles. The fourth-order valence-corrected chi connectivity index (χ4v) is 4.44. The van der Waals surface area contributed by atoms with E-state index in [9.17, 15) is 9.90 Å². The van der Waals surface area contributed by atoms with E-state index < -0.39 is 0 Å². The maximum atomic E-state index is 13.1. The van der Waals surface area contributed by atoms with E-state index in [0.717, 1.165) is 27.5 Å². The zero-order chi connectivity index (χ0) is 25.9. The van der Waals surface area contributed by atoms with Gasteiger partial charge in [-0.1, -0.05) is 74.0 Å². The molecule has 2 aromatic heterocycles. The summed E-state index contributed by atoms with van der Waals surface area (Å²) < 4.78 is 18.4. The topological polar surface area (TPSA) is 81.8 Å². The summed E-state index contributed by atoms with van der Waals surface area (Å²) in [7, 11) is 0. The van der Waals surface area contributed by atoms with Crippen molar-refractivity contribution in [3.8, 4) is 11.5 Å². The Morgan fingerprint density at radius 2 is 1.62 bits per heavy atom. The summed E-state index contributed by atoms with van der Waals surface area (Å²) in [6.45, 7) is 4.23. The molecule has 0 atom stereocenters. The highest BCUT2D eigenvalue weighted by Crippen LogP contribution is 2.33. The first-order valence-corrected chi connectivity index (χ1v) is 12.4. The summed E-state index contributed by atoms with van der Waals surface area (Å²) in [6.07, 6.45) is 1.70. The van der Waals surface area contributed by atoms with Crippen LogP contribution in [-0.2, 0) is 19.8 Å². The van der Waals surface area contributed by atoms with Gasteiger partial charge in [-0.2, -0.15) is 0 Å². The van der Waals surface area contributed by atoms with Gasteiger partial charge in [0.15, 0.2) is 5.43 Å². The lowest BCUT2D eigenvalue weighted by atomic mass is 10.1. The monoisotopic (exact) mass is 515 g/mol. The van der Waals surface area contributed by atoms with Crippen molar-refractivity contribution in [2.24, 2.45) is 0 Å². The molecule has 7 heteroatoms. The Labute approximate surface area is 219 Å². The number of rotatable bonds is 8. The number of aliphatic hydroxyl groups is 1. The second-order valence-corrected chi connectivity index (χ2v) is 9.44. The number of aliphatic hydroxyl groups excluding tert-OH is 1. The molecule has 37 heavy (non-hydrogen) atoms. The van der Waals surface area contributed by atoms with Crippen molar-refractivity contribution < 1.29 is 19.0 Å². The number of aromatic nitrogens is 1. The molecule has 0 amide bonds. The first-order valence-electron chi connectivity index (χ1n) is 12.0. The molecule has 0 bridgehead atoms. The van der Waals surface area contributed by atoms with Crippen LogP contribution in [0.25, 0.3) is 21.7 Å². The highest BCUT2D eigenvalue weighted by atomic mass is 35.5. The van der Waals surface area contributed by atoms with Crippen molar-refractivity contribution in [2.45, 2.75) is 39.6 Å². The van der Waals surface area contributed by atoms with Gasteiger partial charge in [-0.3, -0.25) is 4.79 Å². The van der Waals surface area contributed by atoms with Gasteiger partial charge in [-0.05, 0) is 16.5 Å². The minimum absolute atomic E-state index is 0.0361. The number of fused-ring (bicyclic) bond motifs is 2. The third-order valence-electron chi connectivity index (χ3n) is 6.25. The van der Waals surface area contributed by atoms with Gasteiger partial charge in [-0.15, -0.1) is 0 Å². The van der Waals surface area contributed by atoms with Crippen molar-refractivity contribution in [1.82, 2.24) is 4.98 Å². The maximum absolute atomic E-state index is 13.1. The molecule has 0 fully saturated rings. The highest BCUT2D eigenvalue weighted by Gasteiger charge is 2.16. The molecule has 0 radical (unpaired) electrons. The third-order valence-corrected chi connectivity index (χ3v) is 6.55. The Morgan fingerprint density at radius 3 is 2.38 bits per heavy atom. The SMILES string of the molecule is CC(C)c1cc(=O)c2c(OCc3ccccc3CO)cc(OCc3cnc(Cl)c4ccccc34)cc2o1. The summed E-state index contributed by atoms with van der Waals surface area (Å²) in [5.41, 5.74) is 2.66. The van der Waals surface area contributed by atoms with Crippen LogP contribution in [0.2, 0.25) is 5.15 Å². The van der Waals surface area contributed by atoms with E-state index in [0.29, 0.717) is 33.4 Å². The second-order valence-electron chi connectivity index (χ2n) is 9.09. The summed E-state index contributed by atoms with van der Waals surface area (Å²) in [4.78, 5) is 17.4. The van der Waals surface area contributed by atoms with Gasteiger partial charge < -0.3 is 19.0 Å². The van der Waals surface area contributed by atoms with E-state index in [-0.39, 0.29) is 31.2 Å². The fraction of sp³-hybridized carbons (Fsp3) is 0.200. The minimum atomic E-state index is -0.185. The molecule has 2 heterocycles. The fourth-order valence-electron chi connectivity index (χ4n) is 4.23. The van der Waals surface area contributed by atoms with Gasteiger partial charge in [0.25, 0.3) is 0 Å². The molecule has 0 spiro atoms. The van der Waals surface area contributed by atoms with Crippen LogP contribution in [0.4, 0.5) is 0 Å². The average molecular weight is 516 g/mol. The normalized spacial score (nSPS) is 11.4. The van der Waals surface area contributed by atoms with Crippen molar-refractivity contribution >= 4 is 33.3 Å². The van der Waals surface area contributed by atoms with Gasteiger partial charge in [0.05, 0.1) is 6.61 Å². The smallest absolute Gasteiger partial charge is 0.196 e. The average Bonchev–Trinajstić information content (AvgIpc) is 2.91. The molecule has 0 aliphatic carbocycles. The largest absolute Gasteiger partial charge is 0.489 e. The quantitative estimate of drug-likeness (QED) is 0.230. The Balaban J connectivity index is 1.53. The van der Waals surface area contributed by atoms with Crippen molar-refractivity contribution in [3.05, 3.63) is 111 Å². The van der Waals surface area contributed by atoms with Gasteiger partial charge in [0.2, 0.25) is 0 Å². The van der Waals surface area contributed by atoms with E-state index in [2.05, 4.69) is 4.98 Å². The maximum Gasteiger partial charge on any atom is 0.196 e. The summed E-state index contributed by atoms with van der Waals surface area (Å²) in [6, 6.07) is 20.1. The molecule has 5 aromatic rings. The highest BCUT2D eigenvalue weighted by molar-refractivity contribution is 6.34. The molecule has 0 saturated heterocycles. The summed E-state index contributed by atoms with van der Waals surface area (Å²) in [5, 5.41) is 12.3. The van der Waals surface area contributed by atoms with E-state index in [4.69, 9.17) is 25.5 Å². The van der Waals surface area contributed by atoms with Crippen LogP contribution in [-0.4, -0.2) is 10.1 Å². The second kappa shape index (κ2) is 10.6. The third kappa shape index (κ3) is 5.17. The van der Waals surface area contributed by atoms with Crippen molar-refractivity contribution in [1.29, 1.82) is 0 Å². The van der Waals surface area contributed by atoms with Crippen molar-refractivity contribution in [3.63, 3.8) is 0 Å². The Morgan fingerprint density at radius 1 is 0.919 bits per heavy atom. The minimum Gasteiger partial charge on any atom is -0.489 e. The lowest BCUT2D eigenvalue weighted by Crippen LogP contribution is -2.08. The lowest BCUT2D eigenvalue weighted by molar-refractivity contribution is 0.268. The Kier molecular flexibility index (Phi) is 7.12. The van der Waals surface area contributed by atoms with E-state index >= 15 is 0 Å². The molecular weight excluding hydrogens is 490 g/mol. The number of benzene rings is 3.